The van der Waals surface area contributed by atoms with Gasteiger partial charge in [-0.05, 0) is 0 Å². The van der Waals surface area contributed by atoms with Crippen molar-refractivity contribution in [2.75, 3.05) is 26.2 Å². The molecule has 2 nitrogen and oxygen atoms in total. The first-order valence-corrected chi connectivity index (χ1v) is 14.3. The van der Waals surface area contributed by atoms with Gasteiger partial charge in [-0.15, -0.1) is 0 Å². The molecule has 0 heterocycles. The molecular formula is C17H37GaN2. The summed E-state index contributed by atoms with van der Waals surface area (Å²) in [5.41, 5.74) is 0.632. The second-order valence-electron chi connectivity index (χ2n) is 6.78. The minimum atomic E-state index is -1.02. The Kier molecular flexibility index (Phi) is 9.59. The van der Waals surface area contributed by atoms with E-state index in [2.05, 4.69) is 38.3 Å². The van der Waals surface area contributed by atoms with E-state index >= 15 is 0 Å². The average Bonchev–Trinajstić information content (AvgIpc) is 2.49. The van der Waals surface area contributed by atoms with Crippen molar-refractivity contribution < 1.29 is 0 Å². The zero-order chi connectivity index (χ0) is 14.8. The summed E-state index contributed by atoms with van der Waals surface area (Å²) in [6.45, 7) is 14.2. The van der Waals surface area contributed by atoms with Crippen LogP contribution in [0.25, 0.3) is 0 Å². The minimum absolute atomic E-state index is 0.632. The fourth-order valence-electron chi connectivity index (χ4n) is 4.12. The second-order valence-corrected chi connectivity index (χ2v) is 14.7. The Labute approximate surface area is 132 Å². The van der Waals surface area contributed by atoms with E-state index in [-0.39, 0.29) is 0 Å². The third kappa shape index (κ3) is 5.40. The van der Waals surface area contributed by atoms with Gasteiger partial charge in [-0.1, -0.05) is 0 Å². The third-order valence-corrected chi connectivity index (χ3v) is 13.3. The van der Waals surface area contributed by atoms with Crippen LogP contribution < -0.4 is 10.6 Å². The van der Waals surface area contributed by atoms with Crippen molar-refractivity contribution >= 4 is 16.2 Å². The molecule has 0 aliphatic heterocycles. The van der Waals surface area contributed by atoms with Crippen LogP contribution >= 0.6 is 0 Å². The standard InChI is InChI=1S/C13H27N2.2C2H5.Ga/c1-4-14-10-12-8-6-7-9-13(12,3)11-15-5-2;2*1-2;/h12,14-15H,3-11H2,1-2H3;2*1H2,2H3;. The van der Waals surface area contributed by atoms with Crippen LogP contribution in [0.1, 0.15) is 53.4 Å². The Morgan fingerprint density at radius 2 is 1.70 bits per heavy atom. The van der Waals surface area contributed by atoms with Crippen LogP contribution in [-0.4, -0.2) is 42.4 Å². The van der Waals surface area contributed by atoms with E-state index in [9.17, 15) is 0 Å². The van der Waals surface area contributed by atoms with Crippen molar-refractivity contribution in [3.63, 3.8) is 0 Å². The van der Waals surface area contributed by atoms with Crippen molar-refractivity contribution in [3.8, 4) is 0 Å². The predicted molar refractivity (Wildman–Crippen MR) is 93.0 cm³/mol. The molecule has 118 valence electrons. The molecule has 0 aromatic heterocycles. The Morgan fingerprint density at radius 1 is 1.00 bits per heavy atom. The van der Waals surface area contributed by atoms with Crippen LogP contribution in [0.5, 0.6) is 0 Å². The van der Waals surface area contributed by atoms with Crippen molar-refractivity contribution in [2.24, 2.45) is 11.3 Å². The van der Waals surface area contributed by atoms with Gasteiger partial charge < -0.3 is 0 Å². The van der Waals surface area contributed by atoms with E-state index in [1.54, 1.807) is 4.98 Å². The SMILES string of the molecule is CCNCC1CCCCC1(CNCC)[CH2][Ga]([CH2]C)[CH2]C. The van der Waals surface area contributed by atoms with Gasteiger partial charge in [0, 0.05) is 0 Å². The van der Waals surface area contributed by atoms with Crippen molar-refractivity contribution in [1.29, 1.82) is 0 Å². The topological polar surface area (TPSA) is 24.1 Å². The molecule has 3 heteroatoms. The first kappa shape index (κ1) is 18.6. The molecule has 1 fully saturated rings. The molecule has 0 amide bonds. The monoisotopic (exact) mass is 338 g/mol. The average molecular weight is 339 g/mol. The van der Waals surface area contributed by atoms with Gasteiger partial charge in [0.25, 0.3) is 0 Å². The quantitative estimate of drug-likeness (QED) is 0.590. The number of hydrogen-bond donors (Lipinski definition) is 2. The molecule has 1 aliphatic rings. The molecule has 0 saturated heterocycles. The Bertz CT molecular complexity index is 243. The molecule has 0 spiro atoms. The Balaban J connectivity index is 2.79. The molecule has 1 aliphatic carbocycles. The van der Waals surface area contributed by atoms with Gasteiger partial charge in [-0.25, -0.2) is 0 Å². The predicted octanol–water partition coefficient (Wildman–Crippen LogP) is 3.92. The first-order valence-electron chi connectivity index (χ1n) is 9.13. The molecule has 0 radical (unpaired) electrons. The second kappa shape index (κ2) is 10.3. The Morgan fingerprint density at radius 3 is 2.30 bits per heavy atom. The molecule has 2 unspecified atom stereocenters. The van der Waals surface area contributed by atoms with E-state index < -0.39 is 16.2 Å². The number of hydrogen-bond acceptors (Lipinski definition) is 2. The molecular weight excluding hydrogens is 302 g/mol. The van der Waals surface area contributed by atoms with E-state index in [4.69, 9.17) is 0 Å². The van der Waals surface area contributed by atoms with E-state index in [0.29, 0.717) is 5.41 Å². The van der Waals surface area contributed by atoms with Crippen molar-refractivity contribution in [2.45, 2.75) is 68.3 Å². The number of rotatable bonds is 10. The molecule has 1 rings (SSSR count). The summed E-state index contributed by atoms with van der Waals surface area (Å²) in [6, 6.07) is 0. The zero-order valence-electron chi connectivity index (χ0n) is 14.4. The molecule has 20 heavy (non-hydrogen) atoms. The third-order valence-electron chi connectivity index (χ3n) is 5.56. The number of nitrogens with one attached hydrogen (secondary N) is 2. The van der Waals surface area contributed by atoms with E-state index in [0.717, 1.165) is 19.0 Å². The molecule has 2 N–H and O–H groups in total. The summed E-state index contributed by atoms with van der Waals surface area (Å²) < 4.78 is 0. The van der Waals surface area contributed by atoms with Crippen molar-refractivity contribution in [1.82, 2.24) is 10.6 Å². The summed E-state index contributed by atoms with van der Waals surface area (Å²) in [7, 11) is 0. The maximum atomic E-state index is 3.72. The van der Waals surface area contributed by atoms with Gasteiger partial charge in [0.05, 0.1) is 0 Å². The summed E-state index contributed by atoms with van der Waals surface area (Å²) >= 11 is -1.02. The summed E-state index contributed by atoms with van der Waals surface area (Å²) in [4.78, 5) is 4.69. The van der Waals surface area contributed by atoms with Crippen LogP contribution in [-0.2, 0) is 0 Å². The molecule has 1 saturated carbocycles. The van der Waals surface area contributed by atoms with Gasteiger partial charge in [0.15, 0.2) is 0 Å². The zero-order valence-corrected chi connectivity index (χ0v) is 16.9. The summed E-state index contributed by atoms with van der Waals surface area (Å²) in [6.07, 6.45) is 5.87. The molecule has 0 aromatic rings. The van der Waals surface area contributed by atoms with E-state index in [1.165, 1.54) is 48.7 Å². The van der Waals surface area contributed by atoms with Gasteiger partial charge >= 0.3 is 133 Å². The van der Waals surface area contributed by atoms with Gasteiger partial charge in [0.2, 0.25) is 0 Å². The molecule has 2 atom stereocenters. The van der Waals surface area contributed by atoms with Gasteiger partial charge in [-0.3, -0.25) is 0 Å². The normalized spacial score (nSPS) is 26.7. The fraction of sp³-hybridized carbons (Fsp3) is 1.00. The van der Waals surface area contributed by atoms with Crippen LogP contribution in [0.15, 0.2) is 0 Å². The fourth-order valence-corrected chi connectivity index (χ4v) is 10.4. The summed E-state index contributed by atoms with van der Waals surface area (Å²) in [5.74, 6) is 0.918. The van der Waals surface area contributed by atoms with Crippen LogP contribution in [0.3, 0.4) is 0 Å². The van der Waals surface area contributed by atoms with Gasteiger partial charge in [-0.2, -0.15) is 0 Å². The van der Waals surface area contributed by atoms with E-state index in [1.807, 2.05) is 0 Å². The van der Waals surface area contributed by atoms with Crippen LogP contribution in [0.2, 0.25) is 14.9 Å². The maximum absolute atomic E-state index is 3.72. The first-order chi connectivity index (χ1) is 9.72. The Hall–Kier alpha value is 0.556. The van der Waals surface area contributed by atoms with Crippen LogP contribution in [0.4, 0.5) is 0 Å². The van der Waals surface area contributed by atoms with Crippen molar-refractivity contribution in [3.05, 3.63) is 0 Å². The molecule has 0 aromatic carbocycles. The molecule has 0 bridgehead atoms. The van der Waals surface area contributed by atoms with Gasteiger partial charge in [0.1, 0.15) is 0 Å². The van der Waals surface area contributed by atoms with Crippen LogP contribution in [0, 0.1) is 11.3 Å². The summed E-state index contributed by atoms with van der Waals surface area (Å²) in [5, 5.41) is 7.37.